The molecule has 2 aromatic carbocycles. The molecule has 0 saturated heterocycles. The molecule has 96 valence electrons. The number of aliphatic carboxylic acids is 1. The van der Waals surface area contributed by atoms with E-state index in [0.29, 0.717) is 16.7 Å². The Bertz CT molecular complexity index is 630. The number of allylic oxidation sites excluding steroid dienone is 1. The van der Waals surface area contributed by atoms with Crippen LogP contribution in [0.3, 0.4) is 0 Å². The highest BCUT2D eigenvalue weighted by Crippen LogP contribution is 2.25. The highest BCUT2D eigenvalue weighted by Gasteiger charge is 2.07. The minimum Gasteiger partial charge on any atom is -0.478 e. The highest BCUT2D eigenvalue weighted by atomic mass is 19.1. The first kappa shape index (κ1) is 13.0. The molecular weight excluding hydrogens is 243 g/mol. The zero-order valence-electron chi connectivity index (χ0n) is 10.4. The van der Waals surface area contributed by atoms with Crippen LogP contribution < -0.4 is 0 Å². The van der Waals surface area contributed by atoms with Crippen molar-refractivity contribution in [1.29, 1.82) is 0 Å². The molecule has 19 heavy (non-hydrogen) atoms. The van der Waals surface area contributed by atoms with Crippen LogP contribution in [-0.2, 0) is 4.79 Å². The fourth-order valence-corrected chi connectivity index (χ4v) is 1.88. The molecule has 0 radical (unpaired) electrons. The minimum absolute atomic E-state index is 0.359. The summed E-state index contributed by atoms with van der Waals surface area (Å²) in [6, 6.07) is 14.0. The normalized spacial score (nSPS) is 11.4. The van der Waals surface area contributed by atoms with E-state index in [2.05, 4.69) is 0 Å². The number of halogens is 1. The Labute approximate surface area is 110 Å². The van der Waals surface area contributed by atoms with E-state index >= 15 is 0 Å². The first-order valence-corrected chi connectivity index (χ1v) is 5.84. The van der Waals surface area contributed by atoms with E-state index in [9.17, 15) is 9.18 Å². The Morgan fingerprint density at radius 1 is 1.16 bits per heavy atom. The van der Waals surface area contributed by atoms with Crippen molar-refractivity contribution in [3.05, 3.63) is 66.0 Å². The van der Waals surface area contributed by atoms with Gasteiger partial charge in [-0.3, -0.25) is 0 Å². The molecule has 2 aromatic rings. The molecule has 0 atom stereocenters. The first-order chi connectivity index (χ1) is 9.08. The number of carboxylic acids is 1. The van der Waals surface area contributed by atoms with Crippen LogP contribution in [0, 0.1) is 5.82 Å². The SMILES string of the molecule is C/C(=C/C(=O)O)c1ccc(-c2ccccc2)c(F)c1. The fraction of sp³-hybridized carbons (Fsp3) is 0.0625. The average molecular weight is 256 g/mol. The number of hydrogen-bond donors (Lipinski definition) is 1. The van der Waals surface area contributed by atoms with Crippen LogP contribution in [0.25, 0.3) is 16.7 Å². The van der Waals surface area contributed by atoms with Crippen molar-refractivity contribution in [3.63, 3.8) is 0 Å². The van der Waals surface area contributed by atoms with E-state index in [1.54, 1.807) is 19.1 Å². The molecule has 0 aliphatic rings. The lowest BCUT2D eigenvalue weighted by molar-refractivity contribution is -0.131. The standard InChI is InChI=1S/C16H13FO2/c1-11(9-16(18)19)13-7-8-14(15(17)10-13)12-5-3-2-4-6-12/h2-10H,1H3,(H,18,19)/b11-9-. The molecule has 3 heteroatoms. The van der Waals surface area contributed by atoms with Gasteiger partial charge in [-0.15, -0.1) is 0 Å². The topological polar surface area (TPSA) is 37.3 Å². The lowest BCUT2D eigenvalue weighted by Crippen LogP contribution is -1.92. The first-order valence-electron chi connectivity index (χ1n) is 5.84. The summed E-state index contributed by atoms with van der Waals surface area (Å²) in [7, 11) is 0. The minimum atomic E-state index is -1.04. The second-order valence-corrected chi connectivity index (χ2v) is 4.23. The maximum absolute atomic E-state index is 14.1. The molecule has 0 unspecified atom stereocenters. The Balaban J connectivity index is 2.41. The molecule has 0 amide bonds. The summed E-state index contributed by atoms with van der Waals surface area (Å²) in [6.45, 7) is 1.64. The Morgan fingerprint density at radius 2 is 1.84 bits per heavy atom. The number of rotatable bonds is 3. The Morgan fingerprint density at radius 3 is 2.42 bits per heavy atom. The third kappa shape index (κ3) is 3.07. The molecule has 0 aliphatic carbocycles. The van der Waals surface area contributed by atoms with Gasteiger partial charge in [-0.05, 0) is 29.7 Å². The highest BCUT2D eigenvalue weighted by molar-refractivity contribution is 5.89. The third-order valence-electron chi connectivity index (χ3n) is 2.85. The number of benzene rings is 2. The quantitative estimate of drug-likeness (QED) is 0.843. The van der Waals surface area contributed by atoms with Crippen molar-refractivity contribution in [2.75, 3.05) is 0 Å². The molecule has 0 bridgehead atoms. The smallest absolute Gasteiger partial charge is 0.328 e. The fourth-order valence-electron chi connectivity index (χ4n) is 1.88. The zero-order chi connectivity index (χ0) is 13.8. The molecule has 0 saturated carbocycles. The van der Waals surface area contributed by atoms with Crippen molar-refractivity contribution in [2.24, 2.45) is 0 Å². The van der Waals surface area contributed by atoms with Crippen molar-refractivity contribution < 1.29 is 14.3 Å². The van der Waals surface area contributed by atoms with Crippen LogP contribution >= 0.6 is 0 Å². The van der Waals surface area contributed by atoms with E-state index in [1.165, 1.54) is 6.07 Å². The lowest BCUT2D eigenvalue weighted by Gasteiger charge is -2.06. The second kappa shape index (κ2) is 5.48. The third-order valence-corrected chi connectivity index (χ3v) is 2.85. The summed E-state index contributed by atoms with van der Waals surface area (Å²) in [5.41, 5.74) is 2.39. The van der Waals surface area contributed by atoms with Crippen molar-refractivity contribution >= 4 is 11.5 Å². The Kier molecular flexibility index (Phi) is 3.76. The van der Waals surface area contributed by atoms with Gasteiger partial charge in [-0.2, -0.15) is 0 Å². The predicted octanol–water partition coefficient (Wildman–Crippen LogP) is 3.98. The average Bonchev–Trinajstić information content (AvgIpc) is 2.38. The summed E-state index contributed by atoms with van der Waals surface area (Å²) >= 11 is 0. The zero-order valence-corrected chi connectivity index (χ0v) is 10.4. The molecule has 0 aromatic heterocycles. The molecule has 2 nitrogen and oxygen atoms in total. The summed E-state index contributed by atoms with van der Waals surface area (Å²) < 4.78 is 14.1. The largest absolute Gasteiger partial charge is 0.478 e. The predicted molar refractivity (Wildman–Crippen MR) is 73.1 cm³/mol. The van der Waals surface area contributed by atoms with Gasteiger partial charge in [-0.25, -0.2) is 9.18 Å². The van der Waals surface area contributed by atoms with Crippen molar-refractivity contribution in [1.82, 2.24) is 0 Å². The second-order valence-electron chi connectivity index (χ2n) is 4.23. The summed E-state index contributed by atoms with van der Waals surface area (Å²) in [6.07, 6.45) is 1.07. The van der Waals surface area contributed by atoms with Crippen molar-refractivity contribution in [2.45, 2.75) is 6.92 Å². The van der Waals surface area contributed by atoms with Gasteiger partial charge in [0, 0.05) is 11.6 Å². The van der Waals surface area contributed by atoms with Crippen LogP contribution in [0.1, 0.15) is 12.5 Å². The summed E-state index contributed by atoms with van der Waals surface area (Å²) in [5, 5.41) is 8.68. The van der Waals surface area contributed by atoms with E-state index in [0.717, 1.165) is 11.6 Å². The Hall–Kier alpha value is -2.42. The van der Waals surface area contributed by atoms with Crippen LogP contribution in [0.5, 0.6) is 0 Å². The lowest BCUT2D eigenvalue weighted by atomic mass is 10.0. The van der Waals surface area contributed by atoms with E-state index < -0.39 is 5.97 Å². The molecule has 2 rings (SSSR count). The van der Waals surface area contributed by atoms with E-state index in [1.807, 2.05) is 30.3 Å². The number of hydrogen-bond acceptors (Lipinski definition) is 1. The molecule has 0 aliphatic heterocycles. The number of carboxylic acid groups (broad SMARTS) is 1. The van der Waals surface area contributed by atoms with E-state index in [-0.39, 0.29) is 5.82 Å². The number of carbonyl (C=O) groups is 1. The molecular formula is C16H13FO2. The summed E-state index contributed by atoms with van der Waals surface area (Å²) in [4.78, 5) is 10.6. The van der Waals surface area contributed by atoms with Gasteiger partial charge in [0.2, 0.25) is 0 Å². The van der Waals surface area contributed by atoms with Gasteiger partial charge in [0.15, 0.2) is 0 Å². The molecule has 0 spiro atoms. The van der Waals surface area contributed by atoms with Gasteiger partial charge in [0.1, 0.15) is 5.82 Å². The van der Waals surface area contributed by atoms with Crippen LogP contribution in [-0.4, -0.2) is 11.1 Å². The molecule has 1 N–H and O–H groups in total. The van der Waals surface area contributed by atoms with E-state index in [4.69, 9.17) is 5.11 Å². The molecule has 0 heterocycles. The van der Waals surface area contributed by atoms with Crippen LogP contribution in [0.15, 0.2) is 54.6 Å². The van der Waals surface area contributed by atoms with Gasteiger partial charge in [0.05, 0.1) is 0 Å². The van der Waals surface area contributed by atoms with Gasteiger partial charge in [0.25, 0.3) is 0 Å². The monoisotopic (exact) mass is 256 g/mol. The van der Waals surface area contributed by atoms with Crippen LogP contribution in [0.2, 0.25) is 0 Å². The van der Waals surface area contributed by atoms with Gasteiger partial charge >= 0.3 is 5.97 Å². The molecule has 0 fully saturated rings. The van der Waals surface area contributed by atoms with Gasteiger partial charge in [-0.1, -0.05) is 42.5 Å². The van der Waals surface area contributed by atoms with Crippen molar-refractivity contribution in [3.8, 4) is 11.1 Å². The summed E-state index contributed by atoms with van der Waals surface area (Å²) in [5.74, 6) is -1.40. The maximum atomic E-state index is 14.1. The van der Waals surface area contributed by atoms with Crippen LogP contribution in [0.4, 0.5) is 4.39 Å². The maximum Gasteiger partial charge on any atom is 0.328 e. The van der Waals surface area contributed by atoms with Gasteiger partial charge < -0.3 is 5.11 Å².